The molecule has 4 nitrogen and oxygen atoms in total. The van der Waals surface area contributed by atoms with Gasteiger partial charge < -0.3 is 19.7 Å². The van der Waals surface area contributed by atoms with Crippen molar-refractivity contribution in [3.63, 3.8) is 0 Å². The van der Waals surface area contributed by atoms with Crippen molar-refractivity contribution in [2.24, 2.45) is 0 Å². The van der Waals surface area contributed by atoms with Gasteiger partial charge in [0.1, 0.15) is 0 Å². The van der Waals surface area contributed by atoms with Crippen molar-refractivity contribution in [2.45, 2.75) is 13.5 Å². The van der Waals surface area contributed by atoms with Gasteiger partial charge in [-0.2, -0.15) is 0 Å². The van der Waals surface area contributed by atoms with Gasteiger partial charge in [-0.15, -0.1) is 0 Å². The number of phenols is 1. The molecule has 4 heteroatoms. The summed E-state index contributed by atoms with van der Waals surface area (Å²) in [7, 11) is 2.93. The van der Waals surface area contributed by atoms with E-state index in [-0.39, 0.29) is 18.1 Å². The van der Waals surface area contributed by atoms with E-state index in [1.54, 1.807) is 13.0 Å². The van der Waals surface area contributed by atoms with E-state index in [0.29, 0.717) is 11.3 Å². The summed E-state index contributed by atoms with van der Waals surface area (Å²) in [6, 6.07) is 1.71. The molecule has 1 aromatic carbocycles. The van der Waals surface area contributed by atoms with Crippen LogP contribution in [0.3, 0.4) is 0 Å². The molecule has 0 unspecified atom stereocenters. The van der Waals surface area contributed by atoms with E-state index in [4.69, 9.17) is 14.6 Å². The van der Waals surface area contributed by atoms with Crippen molar-refractivity contribution in [3.05, 3.63) is 17.2 Å². The van der Waals surface area contributed by atoms with Gasteiger partial charge in [0.2, 0.25) is 5.75 Å². The van der Waals surface area contributed by atoms with Crippen molar-refractivity contribution in [2.75, 3.05) is 14.2 Å². The summed E-state index contributed by atoms with van der Waals surface area (Å²) in [5.74, 6) is 0.647. The first-order valence-corrected chi connectivity index (χ1v) is 4.20. The predicted octanol–water partition coefficient (Wildman–Crippen LogP) is 1.21. The first-order chi connectivity index (χ1) is 6.65. The highest BCUT2D eigenvalue weighted by Gasteiger charge is 2.15. The van der Waals surface area contributed by atoms with E-state index in [1.807, 2.05) is 0 Å². The van der Waals surface area contributed by atoms with Gasteiger partial charge in [0.15, 0.2) is 11.5 Å². The quantitative estimate of drug-likeness (QED) is 0.766. The lowest BCUT2D eigenvalue weighted by atomic mass is 10.1. The van der Waals surface area contributed by atoms with Crippen LogP contribution in [0.5, 0.6) is 17.2 Å². The van der Waals surface area contributed by atoms with Crippen LogP contribution in [-0.4, -0.2) is 24.4 Å². The number of aryl methyl sites for hydroxylation is 1. The number of hydrogen-bond donors (Lipinski definition) is 2. The van der Waals surface area contributed by atoms with Gasteiger partial charge in [-0.3, -0.25) is 0 Å². The number of methoxy groups -OCH3 is 2. The van der Waals surface area contributed by atoms with E-state index in [2.05, 4.69) is 0 Å². The van der Waals surface area contributed by atoms with Crippen LogP contribution < -0.4 is 9.47 Å². The van der Waals surface area contributed by atoms with Crippen molar-refractivity contribution < 1.29 is 19.7 Å². The first-order valence-electron chi connectivity index (χ1n) is 4.20. The van der Waals surface area contributed by atoms with Gasteiger partial charge in [-0.25, -0.2) is 0 Å². The molecule has 0 amide bonds. The Morgan fingerprint density at radius 2 is 1.93 bits per heavy atom. The molecule has 2 N–H and O–H groups in total. The van der Waals surface area contributed by atoms with Crippen LogP contribution in [0.25, 0.3) is 0 Å². The molecule has 1 aromatic rings. The van der Waals surface area contributed by atoms with Gasteiger partial charge in [0, 0.05) is 5.56 Å². The smallest absolute Gasteiger partial charge is 0.203 e. The normalized spacial score (nSPS) is 10.0. The summed E-state index contributed by atoms with van der Waals surface area (Å²) in [5.41, 5.74) is 1.23. The maximum Gasteiger partial charge on any atom is 0.203 e. The zero-order valence-electron chi connectivity index (χ0n) is 8.50. The van der Waals surface area contributed by atoms with Crippen LogP contribution in [0.2, 0.25) is 0 Å². The topological polar surface area (TPSA) is 58.9 Å². The molecule has 14 heavy (non-hydrogen) atoms. The highest BCUT2D eigenvalue weighted by molar-refractivity contribution is 5.57. The molecule has 0 heterocycles. The second-order valence-electron chi connectivity index (χ2n) is 2.91. The minimum absolute atomic E-state index is 0.0631. The third kappa shape index (κ3) is 1.61. The lowest BCUT2D eigenvalue weighted by Gasteiger charge is -2.13. The number of benzene rings is 1. The van der Waals surface area contributed by atoms with E-state index in [0.717, 1.165) is 5.56 Å². The number of aliphatic hydroxyl groups is 1. The van der Waals surface area contributed by atoms with Crippen molar-refractivity contribution in [3.8, 4) is 17.2 Å². The number of rotatable bonds is 3. The van der Waals surface area contributed by atoms with Crippen LogP contribution in [0.4, 0.5) is 0 Å². The fraction of sp³-hybridized carbons (Fsp3) is 0.400. The monoisotopic (exact) mass is 198 g/mol. The van der Waals surface area contributed by atoms with Crippen molar-refractivity contribution in [1.29, 1.82) is 0 Å². The molecule has 0 spiro atoms. The average Bonchev–Trinajstić information content (AvgIpc) is 2.17. The molecule has 0 aliphatic rings. The molecule has 78 valence electrons. The van der Waals surface area contributed by atoms with Crippen molar-refractivity contribution >= 4 is 0 Å². The molecule has 0 aromatic heterocycles. The Kier molecular flexibility index (Phi) is 3.19. The number of aliphatic hydroxyl groups excluding tert-OH is 1. The molecular formula is C10H14O4. The van der Waals surface area contributed by atoms with Crippen LogP contribution >= 0.6 is 0 Å². The van der Waals surface area contributed by atoms with Gasteiger partial charge in [0.25, 0.3) is 0 Å². The zero-order chi connectivity index (χ0) is 10.7. The summed E-state index contributed by atoms with van der Waals surface area (Å²) in [6.45, 7) is 1.56. The Morgan fingerprint density at radius 3 is 2.36 bits per heavy atom. The molecule has 0 fully saturated rings. The van der Waals surface area contributed by atoms with Gasteiger partial charge in [0.05, 0.1) is 20.8 Å². The molecule has 0 bridgehead atoms. The maximum absolute atomic E-state index is 9.72. The summed E-state index contributed by atoms with van der Waals surface area (Å²) in [4.78, 5) is 0. The minimum atomic E-state index is -0.224. The molecule has 0 saturated carbocycles. The second-order valence-corrected chi connectivity index (χ2v) is 2.91. The molecule has 0 aliphatic heterocycles. The molecular weight excluding hydrogens is 184 g/mol. The first kappa shape index (κ1) is 10.7. The largest absolute Gasteiger partial charge is 0.504 e. The summed E-state index contributed by atoms with van der Waals surface area (Å²) >= 11 is 0. The molecule has 1 rings (SSSR count). The number of aromatic hydroxyl groups is 1. The Bertz CT molecular complexity index is 333. The zero-order valence-corrected chi connectivity index (χ0v) is 8.50. The van der Waals surface area contributed by atoms with E-state index in [9.17, 15) is 5.11 Å². The molecule has 0 radical (unpaired) electrons. The highest BCUT2D eigenvalue weighted by Crippen LogP contribution is 2.40. The summed E-state index contributed by atoms with van der Waals surface area (Å²) < 4.78 is 10.0. The fourth-order valence-electron chi connectivity index (χ4n) is 1.34. The maximum atomic E-state index is 9.72. The van der Waals surface area contributed by atoms with Crippen LogP contribution in [0.1, 0.15) is 11.1 Å². The Balaban J connectivity index is 3.39. The highest BCUT2D eigenvalue weighted by atomic mass is 16.5. The Morgan fingerprint density at radius 1 is 1.29 bits per heavy atom. The second kappa shape index (κ2) is 4.19. The predicted molar refractivity (Wildman–Crippen MR) is 51.9 cm³/mol. The third-order valence-electron chi connectivity index (χ3n) is 2.13. The third-order valence-corrected chi connectivity index (χ3v) is 2.13. The Hall–Kier alpha value is -1.42. The minimum Gasteiger partial charge on any atom is -0.504 e. The van der Waals surface area contributed by atoms with E-state index >= 15 is 0 Å². The average molecular weight is 198 g/mol. The molecule has 0 aliphatic carbocycles. The summed E-state index contributed by atoms with van der Waals surface area (Å²) in [5, 5.41) is 18.7. The Labute approximate surface area is 82.7 Å². The number of ether oxygens (including phenoxy) is 2. The summed E-state index contributed by atoms with van der Waals surface area (Å²) in [6.07, 6.45) is 0. The van der Waals surface area contributed by atoms with Crippen LogP contribution in [-0.2, 0) is 6.61 Å². The van der Waals surface area contributed by atoms with Crippen LogP contribution in [0.15, 0.2) is 6.07 Å². The molecule has 0 atom stereocenters. The van der Waals surface area contributed by atoms with Gasteiger partial charge >= 0.3 is 0 Å². The number of hydrogen-bond acceptors (Lipinski definition) is 4. The lowest BCUT2D eigenvalue weighted by molar-refractivity contribution is 0.269. The SMILES string of the molecule is COc1cc(C)c(CO)c(O)c1OC. The van der Waals surface area contributed by atoms with Crippen LogP contribution in [0, 0.1) is 6.92 Å². The molecule has 0 saturated heterocycles. The van der Waals surface area contributed by atoms with Crippen molar-refractivity contribution in [1.82, 2.24) is 0 Å². The fourth-order valence-corrected chi connectivity index (χ4v) is 1.34. The van der Waals surface area contributed by atoms with E-state index in [1.165, 1.54) is 14.2 Å². The standard InChI is InChI=1S/C10H14O4/c1-6-4-8(13-2)10(14-3)9(12)7(6)5-11/h4,11-12H,5H2,1-3H3. The lowest BCUT2D eigenvalue weighted by Crippen LogP contribution is -1.97. The van der Waals surface area contributed by atoms with Gasteiger partial charge in [-0.05, 0) is 18.6 Å². The van der Waals surface area contributed by atoms with E-state index < -0.39 is 0 Å². The van der Waals surface area contributed by atoms with Gasteiger partial charge in [-0.1, -0.05) is 0 Å².